The van der Waals surface area contributed by atoms with Crippen molar-refractivity contribution in [3.05, 3.63) is 52.2 Å². The van der Waals surface area contributed by atoms with Gasteiger partial charge in [0.1, 0.15) is 11.9 Å². The summed E-state index contributed by atoms with van der Waals surface area (Å²) in [5.41, 5.74) is -0.0555. The third-order valence-electron chi connectivity index (χ3n) is 4.65. The fourth-order valence-electron chi connectivity index (χ4n) is 3.19. The Morgan fingerprint density at radius 1 is 1.30 bits per heavy atom. The van der Waals surface area contributed by atoms with Gasteiger partial charge in [0.25, 0.3) is 11.6 Å². The zero-order valence-corrected chi connectivity index (χ0v) is 14.9. The van der Waals surface area contributed by atoms with Crippen LogP contribution in [0.2, 0.25) is 0 Å². The average molecular weight is 371 g/mol. The minimum Gasteiger partial charge on any atom is -0.341 e. The first kappa shape index (κ1) is 18.6. The van der Waals surface area contributed by atoms with Gasteiger partial charge in [-0.3, -0.25) is 19.7 Å². The summed E-state index contributed by atoms with van der Waals surface area (Å²) in [5.74, 6) is -0.331. The molecule has 1 fully saturated rings. The van der Waals surface area contributed by atoms with Crippen LogP contribution in [-0.2, 0) is 4.79 Å². The predicted molar refractivity (Wildman–Crippen MR) is 98.4 cm³/mol. The number of nitro groups is 1. The summed E-state index contributed by atoms with van der Waals surface area (Å²) in [7, 11) is 0. The first-order valence-electron chi connectivity index (χ1n) is 8.85. The molecule has 1 unspecified atom stereocenters. The van der Waals surface area contributed by atoms with Crippen LogP contribution < -0.4 is 10.6 Å². The van der Waals surface area contributed by atoms with E-state index in [4.69, 9.17) is 0 Å². The lowest BCUT2D eigenvalue weighted by molar-refractivity contribution is -0.384. The first-order chi connectivity index (χ1) is 13.0. The van der Waals surface area contributed by atoms with E-state index >= 15 is 0 Å². The maximum atomic E-state index is 12.4. The highest BCUT2D eigenvalue weighted by molar-refractivity contribution is 6.00. The highest BCUT2D eigenvalue weighted by Gasteiger charge is 2.23. The number of hydrogen-bond acceptors (Lipinski definition) is 5. The summed E-state index contributed by atoms with van der Waals surface area (Å²) >= 11 is 0. The average Bonchev–Trinajstić information content (AvgIpc) is 3.33. The van der Waals surface area contributed by atoms with Gasteiger partial charge in [-0.15, -0.1) is 0 Å². The first-order valence-corrected chi connectivity index (χ1v) is 8.85. The second-order valence-corrected chi connectivity index (χ2v) is 6.59. The van der Waals surface area contributed by atoms with E-state index in [0.29, 0.717) is 5.82 Å². The number of aromatic nitrogens is 2. The van der Waals surface area contributed by atoms with Crippen LogP contribution in [0.1, 0.15) is 49.0 Å². The van der Waals surface area contributed by atoms with Crippen molar-refractivity contribution in [2.24, 2.45) is 0 Å². The molecule has 142 valence electrons. The molecule has 0 bridgehead atoms. The van der Waals surface area contributed by atoms with Crippen molar-refractivity contribution < 1.29 is 14.5 Å². The molecular formula is C18H21N5O4. The molecule has 9 nitrogen and oxygen atoms in total. The fraction of sp³-hybridized carbons (Fsp3) is 0.389. The van der Waals surface area contributed by atoms with E-state index in [2.05, 4.69) is 15.7 Å². The van der Waals surface area contributed by atoms with Crippen LogP contribution in [0.4, 0.5) is 11.5 Å². The molecule has 0 spiro atoms. The molecule has 0 aliphatic heterocycles. The maximum absolute atomic E-state index is 12.4. The fourth-order valence-corrected chi connectivity index (χ4v) is 3.19. The molecule has 9 heteroatoms. The van der Waals surface area contributed by atoms with E-state index in [9.17, 15) is 19.7 Å². The summed E-state index contributed by atoms with van der Waals surface area (Å²) in [6.45, 7) is 1.56. The van der Waals surface area contributed by atoms with Gasteiger partial charge in [0.2, 0.25) is 5.91 Å². The number of anilines is 1. The third-order valence-corrected chi connectivity index (χ3v) is 4.65. The Balaban J connectivity index is 1.63. The Hall–Kier alpha value is -3.23. The summed E-state index contributed by atoms with van der Waals surface area (Å²) in [5, 5.41) is 20.5. The zero-order chi connectivity index (χ0) is 19.4. The quantitative estimate of drug-likeness (QED) is 0.597. The van der Waals surface area contributed by atoms with Crippen molar-refractivity contribution in [1.29, 1.82) is 0 Å². The molecule has 27 heavy (non-hydrogen) atoms. The molecule has 1 aromatic heterocycles. The van der Waals surface area contributed by atoms with Crippen LogP contribution in [0, 0.1) is 10.1 Å². The molecule has 1 heterocycles. The lowest BCUT2D eigenvalue weighted by Crippen LogP contribution is -2.42. The maximum Gasteiger partial charge on any atom is 0.270 e. The lowest BCUT2D eigenvalue weighted by Gasteiger charge is -2.17. The number of amides is 2. The van der Waals surface area contributed by atoms with Crippen molar-refractivity contribution in [1.82, 2.24) is 15.1 Å². The molecule has 2 aromatic rings. The van der Waals surface area contributed by atoms with Crippen LogP contribution in [0.15, 0.2) is 36.5 Å². The molecule has 2 amide bonds. The summed E-state index contributed by atoms with van der Waals surface area (Å²) < 4.78 is 1.82. The van der Waals surface area contributed by atoms with Crippen molar-refractivity contribution in [3.8, 4) is 0 Å². The van der Waals surface area contributed by atoms with Crippen molar-refractivity contribution in [2.45, 2.75) is 44.7 Å². The normalized spacial score (nSPS) is 15.3. The topological polar surface area (TPSA) is 119 Å². The highest BCUT2D eigenvalue weighted by Crippen LogP contribution is 2.31. The highest BCUT2D eigenvalue weighted by atomic mass is 16.6. The van der Waals surface area contributed by atoms with Crippen LogP contribution in [0.5, 0.6) is 0 Å². The van der Waals surface area contributed by atoms with Gasteiger partial charge in [-0.25, -0.2) is 4.68 Å². The summed E-state index contributed by atoms with van der Waals surface area (Å²) in [6, 6.07) is 6.56. The minimum absolute atomic E-state index is 0.125. The number of rotatable bonds is 6. The summed E-state index contributed by atoms with van der Waals surface area (Å²) in [4.78, 5) is 35.0. The van der Waals surface area contributed by atoms with E-state index in [1.807, 2.05) is 4.68 Å². The zero-order valence-electron chi connectivity index (χ0n) is 14.9. The van der Waals surface area contributed by atoms with Crippen LogP contribution >= 0.6 is 0 Å². The standard InChI is InChI=1S/C18H21N5O4/c1-12(20-18(25)13-5-4-8-15(11-13)23(26)27)17(24)21-16-9-10-19-22(16)14-6-2-3-7-14/h4-5,8-12,14H,2-3,6-7H2,1H3,(H,20,25)(H,21,24). The van der Waals surface area contributed by atoms with E-state index in [0.717, 1.165) is 25.7 Å². The van der Waals surface area contributed by atoms with E-state index in [-0.39, 0.29) is 23.2 Å². The lowest BCUT2D eigenvalue weighted by atomic mass is 10.1. The monoisotopic (exact) mass is 371 g/mol. The Bertz CT molecular complexity index is 857. The van der Waals surface area contributed by atoms with Gasteiger partial charge in [-0.1, -0.05) is 18.9 Å². The van der Waals surface area contributed by atoms with Gasteiger partial charge in [0.05, 0.1) is 17.2 Å². The molecule has 1 aromatic carbocycles. The molecule has 1 atom stereocenters. The SMILES string of the molecule is CC(NC(=O)c1cccc([N+](=O)[O-])c1)C(=O)Nc1ccnn1C1CCCC1. The Labute approximate surface area is 155 Å². The van der Waals surface area contributed by atoms with Gasteiger partial charge in [-0.2, -0.15) is 5.10 Å². The van der Waals surface area contributed by atoms with Crippen LogP contribution in [0.3, 0.4) is 0 Å². The molecule has 0 radical (unpaired) electrons. The third kappa shape index (κ3) is 4.30. The molecule has 1 aliphatic carbocycles. The van der Waals surface area contributed by atoms with E-state index < -0.39 is 16.9 Å². The number of carbonyl (C=O) groups is 2. The van der Waals surface area contributed by atoms with Gasteiger partial charge >= 0.3 is 0 Å². The van der Waals surface area contributed by atoms with Crippen molar-refractivity contribution in [2.75, 3.05) is 5.32 Å². The smallest absolute Gasteiger partial charge is 0.270 e. The van der Waals surface area contributed by atoms with Gasteiger partial charge in [0, 0.05) is 23.8 Å². The van der Waals surface area contributed by atoms with Crippen LogP contribution in [-0.4, -0.2) is 32.6 Å². The van der Waals surface area contributed by atoms with Crippen LogP contribution in [0.25, 0.3) is 0 Å². The Morgan fingerprint density at radius 3 is 2.74 bits per heavy atom. The molecule has 1 aliphatic rings. The minimum atomic E-state index is -0.816. The van der Waals surface area contributed by atoms with Crippen molar-refractivity contribution >= 4 is 23.3 Å². The molecular weight excluding hydrogens is 350 g/mol. The largest absolute Gasteiger partial charge is 0.341 e. The predicted octanol–water partition coefficient (Wildman–Crippen LogP) is 2.66. The number of nitrogens with zero attached hydrogens (tertiary/aromatic N) is 3. The second kappa shape index (κ2) is 7.98. The molecule has 0 saturated heterocycles. The molecule has 1 saturated carbocycles. The van der Waals surface area contributed by atoms with Gasteiger partial charge < -0.3 is 10.6 Å². The second-order valence-electron chi connectivity index (χ2n) is 6.59. The number of hydrogen-bond donors (Lipinski definition) is 2. The number of benzene rings is 1. The molecule has 2 N–H and O–H groups in total. The Kier molecular flexibility index (Phi) is 5.49. The van der Waals surface area contributed by atoms with Gasteiger partial charge in [0.15, 0.2) is 0 Å². The van der Waals surface area contributed by atoms with E-state index in [1.165, 1.54) is 24.3 Å². The van der Waals surface area contributed by atoms with E-state index in [1.54, 1.807) is 19.2 Å². The number of nitrogens with one attached hydrogen (secondary N) is 2. The number of carbonyl (C=O) groups excluding carboxylic acids is 2. The number of nitro benzene ring substituents is 1. The number of non-ortho nitro benzene ring substituents is 1. The summed E-state index contributed by atoms with van der Waals surface area (Å²) in [6.07, 6.45) is 5.99. The molecule has 3 rings (SSSR count). The van der Waals surface area contributed by atoms with Crippen molar-refractivity contribution in [3.63, 3.8) is 0 Å². The van der Waals surface area contributed by atoms with Gasteiger partial charge in [-0.05, 0) is 25.8 Å². The Morgan fingerprint density at radius 2 is 2.04 bits per heavy atom.